The summed E-state index contributed by atoms with van der Waals surface area (Å²) in [7, 11) is 1.77. The van der Waals surface area contributed by atoms with Crippen molar-refractivity contribution in [3.63, 3.8) is 0 Å². The molecule has 0 aliphatic rings. The fourth-order valence-electron chi connectivity index (χ4n) is 3.41. The number of thiophene rings is 1. The van der Waals surface area contributed by atoms with Gasteiger partial charge in [-0.1, -0.05) is 53.8 Å². The third kappa shape index (κ3) is 5.50. The number of amides is 1. The molecular formula is C25H25N3O3S3. The van der Waals surface area contributed by atoms with Gasteiger partial charge in [-0.05, 0) is 36.1 Å². The van der Waals surface area contributed by atoms with Crippen LogP contribution in [-0.4, -0.2) is 40.1 Å². The van der Waals surface area contributed by atoms with Gasteiger partial charge < -0.3 is 19.6 Å². The first kappa shape index (κ1) is 24.4. The molecule has 2 N–H and O–H groups in total. The maximum atomic E-state index is 12.9. The lowest BCUT2D eigenvalue weighted by Crippen LogP contribution is -2.39. The van der Waals surface area contributed by atoms with Crippen LogP contribution < -0.4 is 9.62 Å². The number of fused-ring (bicyclic) bond motifs is 1. The Balaban J connectivity index is 1.46. The van der Waals surface area contributed by atoms with Crippen molar-refractivity contribution in [2.24, 2.45) is 0 Å². The number of benzene rings is 2. The van der Waals surface area contributed by atoms with Gasteiger partial charge in [-0.3, -0.25) is 4.79 Å². The lowest BCUT2D eigenvalue weighted by molar-refractivity contribution is -0.109. The Morgan fingerprint density at radius 2 is 2.00 bits per heavy atom. The number of aromatic nitrogens is 1. The van der Waals surface area contributed by atoms with Gasteiger partial charge in [-0.2, -0.15) is 4.31 Å². The molecule has 0 saturated carbocycles. The summed E-state index contributed by atoms with van der Waals surface area (Å²) >= 11 is 1.58. The van der Waals surface area contributed by atoms with E-state index in [4.69, 9.17) is 0 Å². The van der Waals surface area contributed by atoms with E-state index >= 15 is 0 Å². The second kappa shape index (κ2) is 10.7. The molecule has 0 saturated heterocycles. The van der Waals surface area contributed by atoms with Crippen LogP contribution in [0.1, 0.15) is 23.0 Å². The van der Waals surface area contributed by atoms with Crippen LogP contribution in [0.4, 0.5) is 5.69 Å². The molecular weight excluding hydrogens is 486 g/mol. The number of nitrogens with zero attached hydrogens (tertiary/aromatic N) is 1. The number of H-pyrrole nitrogens is 1. The number of para-hydroxylation sites is 1. The van der Waals surface area contributed by atoms with E-state index in [2.05, 4.69) is 10.3 Å². The van der Waals surface area contributed by atoms with Gasteiger partial charge in [-0.25, -0.2) is 0 Å². The number of anilines is 1. The number of thioether (sulfide) groups is 1. The van der Waals surface area contributed by atoms with Crippen molar-refractivity contribution >= 4 is 63.2 Å². The van der Waals surface area contributed by atoms with E-state index in [1.165, 1.54) is 23.1 Å². The van der Waals surface area contributed by atoms with Gasteiger partial charge in [0.1, 0.15) is 29.0 Å². The van der Waals surface area contributed by atoms with Crippen molar-refractivity contribution in [3.05, 3.63) is 83.4 Å². The summed E-state index contributed by atoms with van der Waals surface area (Å²) < 4.78 is 14.6. The van der Waals surface area contributed by atoms with Crippen LogP contribution in [0.15, 0.2) is 76.3 Å². The van der Waals surface area contributed by atoms with Gasteiger partial charge in [0.2, 0.25) is 4.21 Å². The lowest BCUT2D eigenvalue weighted by Gasteiger charge is -2.23. The molecule has 0 aliphatic carbocycles. The van der Waals surface area contributed by atoms with E-state index in [0.29, 0.717) is 11.4 Å². The molecule has 1 amide bonds. The number of aromatic amines is 1. The van der Waals surface area contributed by atoms with E-state index in [-0.39, 0.29) is 12.5 Å². The Bertz CT molecular complexity index is 1260. The zero-order chi connectivity index (χ0) is 24.1. The maximum absolute atomic E-state index is 12.9. The Hall–Kier alpha value is -2.72. The average Bonchev–Trinajstić information content (AvgIpc) is 3.56. The van der Waals surface area contributed by atoms with Gasteiger partial charge in [-0.15, -0.1) is 11.8 Å². The van der Waals surface area contributed by atoms with Crippen LogP contribution in [0.5, 0.6) is 0 Å². The van der Waals surface area contributed by atoms with Crippen molar-refractivity contribution in [1.29, 1.82) is 0 Å². The van der Waals surface area contributed by atoms with Crippen molar-refractivity contribution in [3.8, 4) is 0 Å². The minimum atomic E-state index is -1.35. The first-order valence-electron chi connectivity index (χ1n) is 10.6. The molecule has 2 aromatic carbocycles. The van der Waals surface area contributed by atoms with Gasteiger partial charge >= 0.3 is 0 Å². The van der Waals surface area contributed by atoms with Crippen LogP contribution in [-0.2, 0) is 21.9 Å². The molecule has 0 aliphatic heterocycles. The molecule has 9 heteroatoms. The highest BCUT2D eigenvalue weighted by molar-refractivity contribution is 8.00. The number of carbonyl (C=O) groups excluding carboxylic acids is 2. The minimum absolute atomic E-state index is 0.206. The highest BCUT2D eigenvalue weighted by Crippen LogP contribution is 2.31. The number of hydrogen-bond acceptors (Lipinski definition) is 6. The topological polar surface area (TPSA) is 88.3 Å². The molecule has 2 atom stereocenters. The van der Waals surface area contributed by atoms with E-state index in [1.807, 2.05) is 73.0 Å². The van der Waals surface area contributed by atoms with Crippen LogP contribution in [0.2, 0.25) is 0 Å². The van der Waals surface area contributed by atoms with E-state index in [1.54, 1.807) is 17.4 Å². The van der Waals surface area contributed by atoms with Crippen molar-refractivity contribution in [1.82, 2.24) is 10.3 Å². The average molecular weight is 512 g/mol. The summed E-state index contributed by atoms with van der Waals surface area (Å²) in [4.78, 5) is 27.9. The summed E-state index contributed by atoms with van der Waals surface area (Å²) in [5.74, 6) is 0.382. The van der Waals surface area contributed by atoms with Crippen molar-refractivity contribution < 1.29 is 14.1 Å². The van der Waals surface area contributed by atoms with Gasteiger partial charge in [0.05, 0.1) is 17.3 Å². The molecule has 0 radical (unpaired) electrons. The normalized spacial score (nSPS) is 13.9. The standard InChI is InChI=1S/C25H25N3O3S3/c1-25(17-29,33-15-18-8-4-3-5-9-18)16-26-24(30)20-14-19-10-6-11-21(23(19)27-20)28(2)34(31)22-12-7-13-32-22/h3-14,17,27H,15-16H2,1-2H3,(H,26,30). The van der Waals surface area contributed by atoms with Crippen molar-refractivity contribution in [2.45, 2.75) is 21.6 Å². The summed E-state index contributed by atoms with van der Waals surface area (Å²) in [6.45, 7) is 2.03. The fraction of sp³-hybridized carbons (Fsp3) is 0.200. The second-order valence-corrected chi connectivity index (χ2v) is 12.2. The monoisotopic (exact) mass is 511 g/mol. The summed E-state index contributed by atoms with van der Waals surface area (Å²) in [5, 5.41) is 5.62. The molecule has 6 nitrogen and oxygen atoms in total. The van der Waals surface area contributed by atoms with Gasteiger partial charge in [0, 0.05) is 23.8 Å². The number of nitrogens with one attached hydrogen (secondary N) is 2. The molecule has 0 bridgehead atoms. The Kier molecular flexibility index (Phi) is 7.67. The van der Waals surface area contributed by atoms with Gasteiger partial charge in [0.15, 0.2) is 0 Å². The molecule has 2 heterocycles. The molecule has 2 aromatic heterocycles. The van der Waals surface area contributed by atoms with Gasteiger partial charge in [0.25, 0.3) is 5.91 Å². The van der Waals surface area contributed by atoms with Crippen LogP contribution in [0.25, 0.3) is 10.9 Å². The number of aldehydes is 1. The maximum Gasteiger partial charge on any atom is 0.267 e. The second-order valence-electron chi connectivity index (χ2n) is 7.99. The zero-order valence-electron chi connectivity index (χ0n) is 18.8. The van der Waals surface area contributed by atoms with E-state index in [9.17, 15) is 14.1 Å². The Morgan fingerprint density at radius 3 is 2.71 bits per heavy atom. The quantitative estimate of drug-likeness (QED) is 0.231. The molecule has 2 unspecified atom stereocenters. The zero-order valence-corrected chi connectivity index (χ0v) is 21.3. The summed E-state index contributed by atoms with van der Waals surface area (Å²) in [5.41, 5.74) is 2.98. The first-order valence-corrected chi connectivity index (χ1v) is 13.6. The number of carbonyl (C=O) groups is 2. The predicted molar refractivity (Wildman–Crippen MR) is 142 cm³/mol. The summed E-state index contributed by atoms with van der Waals surface area (Å²) in [6.07, 6.45) is 0.888. The van der Waals surface area contributed by atoms with Crippen LogP contribution >= 0.6 is 23.1 Å². The number of hydrogen-bond donors (Lipinski definition) is 2. The third-order valence-electron chi connectivity index (χ3n) is 5.39. The molecule has 4 rings (SSSR count). The summed E-state index contributed by atoms with van der Waals surface area (Å²) in [6, 6.07) is 21.0. The minimum Gasteiger partial charge on any atom is -0.587 e. The Labute approximate surface area is 210 Å². The molecule has 0 spiro atoms. The smallest absolute Gasteiger partial charge is 0.267 e. The molecule has 34 heavy (non-hydrogen) atoms. The van der Waals surface area contributed by atoms with Crippen molar-refractivity contribution in [2.75, 3.05) is 17.9 Å². The largest absolute Gasteiger partial charge is 0.587 e. The fourth-order valence-corrected chi connectivity index (χ4v) is 6.42. The van der Waals surface area contributed by atoms with E-state index in [0.717, 1.165) is 32.6 Å². The van der Waals surface area contributed by atoms with E-state index < -0.39 is 16.1 Å². The van der Waals surface area contributed by atoms with Crippen LogP contribution in [0.3, 0.4) is 0 Å². The Morgan fingerprint density at radius 1 is 1.21 bits per heavy atom. The third-order valence-corrected chi connectivity index (χ3v) is 9.32. The molecule has 0 fully saturated rings. The SMILES string of the molecule is CN(c1cccc2cc(C(=O)NCC(C)(C=O)SCc3ccccc3)[nH]c12)[S+]([O-])c1cccs1. The highest BCUT2D eigenvalue weighted by Gasteiger charge is 2.27. The lowest BCUT2D eigenvalue weighted by atomic mass is 10.2. The first-order chi connectivity index (χ1) is 16.4. The highest BCUT2D eigenvalue weighted by atomic mass is 32.2. The molecule has 176 valence electrons. The number of rotatable bonds is 10. The van der Waals surface area contributed by atoms with Crippen LogP contribution in [0, 0.1) is 0 Å². The predicted octanol–water partition coefficient (Wildman–Crippen LogP) is 5.01. The molecule has 4 aromatic rings.